The van der Waals surface area contributed by atoms with Crippen molar-refractivity contribution in [1.82, 2.24) is 0 Å². The third kappa shape index (κ3) is 3.86. The Morgan fingerprint density at radius 3 is 2.68 bits per heavy atom. The number of nitrogens with one attached hydrogen (secondary N) is 2. The molecule has 3 rings (SSSR count). The Balaban J connectivity index is 1.70. The second-order valence-corrected chi connectivity index (χ2v) is 5.98. The van der Waals surface area contributed by atoms with Crippen molar-refractivity contribution < 1.29 is 23.1 Å². The summed E-state index contributed by atoms with van der Waals surface area (Å²) >= 11 is 1.10. The van der Waals surface area contributed by atoms with Crippen molar-refractivity contribution in [2.45, 2.75) is 0 Å². The van der Waals surface area contributed by atoms with Crippen LogP contribution in [0.25, 0.3) is 0 Å². The molecule has 0 atom stereocenters. The maximum Gasteiger partial charge on any atom is 0.291 e. The first kappa shape index (κ1) is 16.7. The molecule has 0 aliphatic carbocycles. The van der Waals surface area contributed by atoms with Gasteiger partial charge in [0.1, 0.15) is 11.6 Å². The van der Waals surface area contributed by atoms with Gasteiger partial charge < -0.3 is 19.8 Å². The number of hydrogen-bond acceptors (Lipinski definition) is 5. The SMILES string of the molecule is COc1cc(F)ccc1NC(=O)c1ccc(NC(=O)c2ccco2)s1. The molecule has 1 aromatic carbocycles. The Morgan fingerprint density at radius 1 is 1.12 bits per heavy atom. The Kier molecular flexibility index (Phi) is 4.80. The van der Waals surface area contributed by atoms with E-state index in [1.807, 2.05) is 0 Å². The molecule has 128 valence electrons. The van der Waals surface area contributed by atoms with E-state index in [4.69, 9.17) is 9.15 Å². The molecule has 2 aromatic heterocycles. The van der Waals surface area contributed by atoms with E-state index in [1.165, 1.54) is 37.6 Å². The minimum absolute atomic E-state index is 0.176. The average molecular weight is 360 g/mol. The van der Waals surface area contributed by atoms with E-state index in [0.717, 1.165) is 11.3 Å². The minimum atomic E-state index is -0.464. The third-order valence-corrected chi connectivity index (χ3v) is 4.22. The molecule has 3 aromatic rings. The third-order valence-electron chi connectivity index (χ3n) is 3.22. The largest absolute Gasteiger partial charge is 0.494 e. The molecule has 8 heteroatoms. The molecular weight excluding hydrogens is 347 g/mol. The highest BCUT2D eigenvalue weighted by atomic mass is 32.1. The summed E-state index contributed by atoms with van der Waals surface area (Å²) < 4.78 is 23.2. The molecular formula is C17H13FN2O4S. The molecule has 0 aliphatic heterocycles. The number of benzene rings is 1. The number of ether oxygens (including phenoxy) is 1. The highest BCUT2D eigenvalue weighted by molar-refractivity contribution is 7.18. The van der Waals surface area contributed by atoms with Crippen LogP contribution in [0.3, 0.4) is 0 Å². The van der Waals surface area contributed by atoms with Crippen LogP contribution in [-0.2, 0) is 0 Å². The van der Waals surface area contributed by atoms with Crippen LogP contribution in [-0.4, -0.2) is 18.9 Å². The van der Waals surface area contributed by atoms with Gasteiger partial charge in [0.25, 0.3) is 11.8 Å². The summed E-state index contributed by atoms with van der Waals surface area (Å²) in [6.45, 7) is 0. The minimum Gasteiger partial charge on any atom is -0.494 e. The zero-order valence-electron chi connectivity index (χ0n) is 13.0. The standard InChI is InChI=1S/C17H13FN2O4S/c1-23-13-9-10(18)4-5-11(13)19-17(22)14-6-7-15(25-14)20-16(21)12-3-2-8-24-12/h2-9H,1H3,(H,19,22)(H,20,21). The molecule has 0 radical (unpaired) electrons. The molecule has 2 heterocycles. The Labute approximate surface area is 146 Å². The van der Waals surface area contributed by atoms with Crippen molar-refractivity contribution in [3.05, 3.63) is 65.2 Å². The lowest BCUT2D eigenvalue weighted by molar-refractivity contribution is 0.0995. The van der Waals surface area contributed by atoms with Crippen LogP contribution in [0.1, 0.15) is 20.2 Å². The Hall–Kier alpha value is -3.13. The van der Waals surface area contributed by atoms with E-state index in [9.17, 15) is 14.0 Å². The van der Waals surface area contributed by atoms with Crippen molar-refractivity contribution in [2.75, 3.05) is 17.7 Å². The smallest absolute Gasteiger partial charge is 0.291 e. The lowest BCUT2D eigenvalue weighted by Crippen LogP contribution is -2.11. The Morgan fingerprint density at radius 2 is 1.96 bits per heavy atom. The molecule has 6 nitrogen and oxygen atoms in total. The predicted molar refractivity (Wildman–Crippen MR) is 91.9 cm³/mol. The van der Waals surface area contributed by atoms with Crippen molar-refractivity contribution >= 4 is 33.8 Å². The van der Waals surface area contributed by atoms with Crippen molar-refractivity contribution in [2.24, 2.45) is 0 Å². The van der Waals surface area contributed by atoms with Crippen LogP contribution >= 0.6 is 11.3 Å². The number of amides is 2. The summed E-state index contributed by atoms with van der Waals surface area (Å²) in [7, 11) is 1.39. The first-order valence-corrected chi connectivity index (χ1v) is 7.98. The maximum absolute atomic E-state index is 13.2. The van der Waals surface area contributed by atoms with Crippen LogP contribution in [0.15, 0.2) is 53.1 Å². The van der Waals surface area contributed by atoms with Crippen molar-refractivity contribution in [1.29, 1.82) is 0 Å². The molecule has 0 unspecified atom stereocenters. The van der Waals surface area contributed by atoms with Crippen LogP contribution in [0.5, 0.6) is 5.75 Å². The summed E-state index contributed by atoms with van der Waals surface area (Å²) in [6, 6.07) is 10.2. The van der Waals surface area contributed by atoms with E-state index in [0.29, 0.717) is 15.6 Å². The van der Waals surface area contributed by atoms with E-state index in [1.54, 1.807) is 18.2 Å². The lowest BCUT2D eigenvalue weighted by Gasteiger charge is -2.09. The number of rotatable bonds is 5. The van der Waals surface area contributed by atoms with Gasteiger partial charge in [-0.3, -0.25) is 9.59 Å². The van der Waals surface area contributed by atoms with Crippen LogP contribution in [0, 0.1) is 5.82 Å². The second kappa shape index (κ2) is 7.18. The van der Waals surface area contributed by atoms with Crippen LogP contribution < -0.4 is 15.4 Å². The topological polar surface area (TPSA) is 80.6 Å². The highest BCUT2D eigenvalue weighted by Gasteiger charge is 2.15. The van der Waals surface area contributed by atoms with Gasteiger partial charge in [-0.05, 0) is 36.4 Å². The molecule has 2 amide bonds. The zero-order valence-corrected chi connectivity index (χ0v) is 13.9. The number of anilines is 2. The van der Waals surface area contributed by atoms with Gasteiger partial charge in [-0.2, -0.15) is 0 Å². The second-order valence-electron chi connectivity index (χ2n) is 4.89. The predicted octanol–water partition coefficient (Wildman–Crippen LogP) is 3.99. The zero-order chi connectivity index (χ0) is 17.8. The molecule has 2 N–H and O–H groups in total. The van der Waals surface area contributed by atoms with E-state index in [2.05, 4.69) is 10.6 Å². The summed E-state index contributed by atoms with van der Waals surface area (Å²) in [5.74, 6) is -0.868. The molecule has 0 saturated heterocycles. The molecule has 0 saturated carbocycles. The number of halogens is 1. The van der Waals surface area contributed by atoms with Gasteiger partial charge in [0.15, 0.2) is 5.76 Å². The fourth-order valence-electron chi connectivity index (χ4n) is 2.06. The van der Waals surface area contributed by atoms with Gasteiger partial charge in [0.2, 0.25) is 0 Å². The van der Waals surface area contributed by atoms with Crippen LogP contribution in [0.2, 0.25) is 0 Å². The quantitative estimate of drug-likeness (QED) is 0.721. The number of carbonyl (C=O) groups is 2. The van der Waals surface area contributed by atoms with Gasteiger partial charge in [-0.15, -0.1) is 11.3 Å². The summed E-state index contributed by atoms with van der Waals surface area (Å²) in [6.07, 6.45) is 1.40. The number of thiophene rings is 1. The van der Waals surface area contributed by atoms with Gasteiger partial charge in [-0.1, -0.05) is 0 Å². The van der Waals surface area contributed by atoms with Crippen molar-refractivity contribution in [3.63, 3.8) is 0 Å². The van der Waals surface area contributed by atoms with Gasteiger partial charge in [0.05, 0.1) is 28.9 Å². The number of furan rings is 1. The van der Waals surface area contributed by atoms with Crippen molar-refractivity contribution in [3.8, 4) is 5.75 Å². The number of hydrogen-bond donors (Lipinski definition) is 2. The summed E-state index contributed by atoms with van der Waals surface area (Å²) in [5, 5.41) is 5.79. The molecule has 0 aliphatic rings. The summed E-state index contributed by atoms with van der Waals surface area (Å²) in [4.78, 5) is 24.6. The molecule has 0 bridgehead atoms. The fourth-order valence-corrected chi connectivity index (χ4v) is 2.86. The molecule has 0 fully saturated rings. The highest BCUT2D eigenvalue weighted by Crippen LogP contribution is 2.28. The van der Waals surface area contributed by atoms with Gasteiger partial charge in [0, 0.05) is 6.07 Å². The van der Waals surface area contributed by atoms with E-state index in [-0.39, 0.29) is 11.5 Å². The van der Waals surface area contributed by atoms with Gasteiger partial charge >= 0.3 is 0 Å². The van der Waals surface area contributed by atoms with E-state index >= 15 is 0 Å². The first-order valence-electron chi connectivity index (χ1n) is 7.16. The molecule has 0 spiro atoms. The van der Waals surface area contributed by atoms with E-state index < -0.39 is 17.6 Å². The number of methoxy groups -OCH3 is 1. The number of carbonyl (C=O) groups excluding carboxylic acids is 2. The fraction of sp³-hybridized carbons (Fsp3) is 0.0588. The monoisotopic (exact) mass is 360 g/mol. The molecule has 25 heavy (non-hydrogen) atoms. The normalized spacial score (nSPS) is 10.3. The maximum atomic E-state index is 13.2. The average Bonchev–Trinajstić information content (AvgIpc) is 3.28. The van der Waals surface area contributed by atoms with Gasteiger partial charge in [-0.25, -0.2) is 4.39 Å². The van der Waals surface area contributed by atoms with Crippen LogP contribution in [0.4, 0.5) is 15.1 Å². The Bertz CT molecular complexity index is 905. The first-order chi connectivity index (χ1) is 12.1. The lowest BCUT2D eigenvalue weighted by atomic mass is 10.2. The summed E-state index contributed by atoms with van der Waals surface area (Å²) in [5.41, 5.74) is 0.350.